The lowest BCUT2D eigenvalue weighted by Gasteiger charge is -2.21. The van der Waals surface area contributed by atoms with Gasteiger partial charge in [0.15, 0.2) is 0 Å². The number of allylic oxidation sites excluding steroid dienone is 2. The average molecular weight is 168 g/mol. The Morgan fingerprint density at radius 3 is 2.33 bits per heavy atom. The van der Waals surface area contributed by atoms with Gasteiger partial charge in [-0.3, -0.25) is 0 Å². The Labute approximate surface area is 75.4 Å². The monoisotopic (exact) mass is 168 g/mol. The van der Waals surface area contributed by atoms with Crippen molar-refractivity contribution in [1.29, 1.82) is 0 Å². The highest BCUT2D eigenvalue weighted by Crippen LogP contribution is 2.19. The van der Waals surface area contributed by atoms with E-state index in [0.29, 0.717) is 0 Å². The maximum absolute atomic E-state index is 3.48. The standard InChI is InChI=1S/C10H20N2/c1-5-6-7-9-8(2)11-10(3,4)12-9/h11-12H,5-7H2,1-4H3. The van der Waals surface area contributed by atoms with Crippen LogP contribution < -0.4 is 10.6 Å². The molecule has 0 atom stereocenters. The first-order chi connectivity index (χ1) is 5.55. The van der Waals surface area contributed by atoms with Crippen LogP contribution in [0.25, 0.3) is 0 Å². The van der Waals surface area contributed by atoms with Gasteiger partial charge < -0.3 is 10.6 Å². The summed E-state index contributed by atoms with van der Waals surface area (Å²) in [6.45, 7) is 8.70. The summed E-state index contributed by atoms with van der Waals surface area (Å²) in [6.07, 6.45) is 3.72. The smallest absolute Gasteiger partial charge is 0.101 e. The molecule has 0 saturated heterocycles. The Balaban J connectivity index is 2.49. The van der Waals surface area contributed by atoms with Gasteiger partial charge in [-0.2, -0.15) is 0 Å². The largest absolute Gasteiger partial charge is 0.365 e. The first-order valence-electron chi connectivity index (χ1n) is 4.81. The fourth-order valence-corrected chi connectivity index (χ4v) is 1.65. The minimum absolute atomic E-state index is 0.0627. The SMILES string of the molecule is CCCCC1=C(C)NC(C)(C)N1. The van der Waals surface area contributed by atoms with Gasteiger partial charge in [-0.05, 0) is 33.6 Å². The van der Waals surface area contributed by atoms with E-state index >= 15 is 0 Å². The van der Waals surface area contributed by atoms with E-state index in [2.05, 4.69) is 38.3 Å². The van der Waals surface area contributed by atoms with E-state index in [1.54, 1.807) is 0 Å². The second kappa shape index (κ2) is 3.38. The molecule has 12 heavy (non-hydrogen) atoms. The summed E-state index contributed by atoms with van der Waals surface area (Å²) in [6, 6.07) is 0. The van der Waals surface area contributed by atoms with Gasteiger partial charge >= 0.3 is 0 Å². The van der Waals surface area contributed by atoms with Crippen molar-refractivity contribution in [3.8, 4) is 0 Å². The maximum atomic E-state index is 3.48. The van der Waals surface area contributed by atoms with Crippen LogP contribution in [-0.4, -0.2) is 5.66 Å². The molecule has 0 radical (unpaired) electrons. The summed E-state index contributed by atoms with van der Waals surface area (Å²) < 4.78 is 0. The summed E-state index contributed by atoms with van der Waals surface area (Å²) in [5.41, 5.74) is 2.77. The molecule has 0 aliphatic carbocycles. The van der Waals surface area contributed by atoms with Crippen molar-refractivity contribution in [2.24, 2.45) is 0 Å². The second-order valence-corrected chi connectivity index (χ2v) is 4.08. The molecule has 0 bridgehead atoms. The number of hydrogen-bond donors (Lipinski definition) is 2. The van der Waals surface area contributed by atoms with Crippen LogP contribution in [0.15, 0.2) is 11.4 Å². The number of unbranched alkanes of at least 4 members (excludes halogenated alkanes) is 1. The van der Waals surface area contributed by atoms with Crippen molar-refractivity contribution >= 4 is 0 Å². The van der Waals surface area contributed by atoms with Crippen LogP contribution >= 0.6 is 0 Å². The fraction of sp³-hybridized carbons (Fsp3) is 0.800. The lowest BCUT2D eigenvalue weighted by atomic mass is 10.2. The zero-order valence-electron chi connectivity index (χ0n) is 8.62. The summed E-state index contributed by atoms with van der Waals surface area (Å²) in [7, 11) is 0. The zero-order chi connectivity index (χ0) is 9.19. The Morgan fingerprint density at radius 1 is 1.25 bits per heavy atom. The molecule has 0 unspecified atom stereocenters. The minimum atomic E-state index is 0.0627. The minimum Gasteiger partial charge on any atom is -0.365 e. The van der Waals surface area contributed by atoms with Gasteiger partial charge in [-0.15, -0.1) is 0 Å². The van der Waals surface area contributed by atoms with Crippen molar-refractivity contribution in [3.63, 3.8) is 0 Å². The molecule has 1 aliphatic rings. The molecule has 0 aromatic rings. The molecule has 2 nitrogen and oxygen atoms in total. The maximum Gasteiger partial charge on any atom is 0.101 e. The van der Waals surface area contributed by atoms with Gasteiger partial charge in [0.05, 0.1) is 0 Å². The molecular formula is C10H20N2. The van der Waals surface area contributed by atoms with Gasteiger partial charge in [0.1, 0.15) is 5.66 Å². The quantitative estimate of drug-likeness (QED) is 0.676. The molecule has 0 aromatic heterocycles. The zero-order valence-corrected chi connectivity index (χ0v) is 8.62. The highest BCUT2D eigenvalue weighted by molar-refractivity contribution is 5.18. The van der Waals surface area contributed by atoms with Gasteiger partial charge in [0, 0.05) is 11.4 Å². The van der Waals surface area contributed by atoms with E-state index in [1.807, 2.05) is 0 Å². The lowest BCUT2D eigenvalue weighted by molar-refractivity contribution is 0.407. The fourth-order valence-electron chi connectivity index (χ4n) is 1.65. The van der Waals surface area contributed by atoms with Crippen LogP contribution in [-0.2, 0) is 0 Å². The third-order valence-electron chi connectivity index (χ3n) is 2.20. The highest BCUT2D eigenvalue weighted by atomic mass is 15.2. The van der Waals surface area contributed by atoms with Crippen molar-refractivity contribution < 1.29 is 0 Å². The predicted octanol–water partition coefficient (Wildman–Crippen LogP) is 2.34. The topological polar surface area (TPSA) is 24.1 Å². The first-order valence-corrected chi connectivity index (χ1v) is 4.81. The van der Waals surface area contributed by atoms with E-state index in [0.717, 1.165) is 0 Å². The molecule has 1 aliphatic heterocycles. The molecule has 0 fully saturated rings. The van der Waals surface area contributed by atoms with Crippen LogP contribution in [0.1, 0.15) is 47.0 Å². The first kappa shape index (κ1) is 9.43. The third kappa shape index (κ3) is 2.16. The van der Waals surface area contributed by atoms with E-state index in [-0.39, 0.29) is 5.66 Å². The molecule has 70 valence electrons. The summed E-state index contributed by atoms with van der Waals surface area (Å²) in [5.74, 6) is 0. The molecule has 0 saturated carbocycles. The van der Waals surface area contributed by atoms with Crippen molar-refractivity contribution in [2.75, 3.05) is 0 Å². The summed E-state index contributed by atoms with van der Waals surface area (Å²) in [5, 5.41) is 6.90. The lowest BCUT2D eigenvalue weighted by Crippen LogP contribution is -2.43. The Hall–Kier alpha value is -0.660. The van der Waals surface area contributed by atoms with Gasteiger partial charge in [-0.1, -0.05) is 13.3 Å². The van der Waals surface area contributed by atoms with E-state index < -0.39 is 0 Å². The van der Waals surface area contributed by atoms with Crippen molar-refractivity contribution in [3.05, 3.63) is 11.4 Å². The van der Waals surface area contributed by atoms with E-state index in [1.165, 1.54) is 30.7 Å². The molecule has 2 heteroatoms. The third-order valence-corrected chi connectivity index (χ3v) is 2.20. The predicted molar refractivity (Wildman–Crippen MR) is 52.6 cm³/mol. The Kier molecular flexibility index (Phi) is 2.65. The van der Waals surface area contributed by atoms with Gasteiger partial charge in [-0.25, -0.2) is 0 Å². The highest BCUT2D eigenvalue weighted by Gasteiger charge is 2.25. The van der Waals surface area contributed by atoms with E-state index in [4.69, 9.17) is 0 Å². The van der Waals surface area contributed by atoms with E-state index in [9.17, 15) is 0 Å². The van der Waals surface area contributed by atoms with Gasteiger partial charge in [0.25, 0.3) is 0 Å². The summed E-state index contributed by atoms with van der Waals surface area (Å²) in [4.78, 5) is 0. The van der Waals surface area contributed by atoms with Crippen LogP contribution in [0.5, 0.6) is 0 Å². The molecule has 1 rings (SSSR count). The molecule has 1 heterocycles. The Bertz CT molecular complexity index is 192. The van der Waals surface area contributed by atoms with Crippen LogP contribution in [0.3, 0.4) is 0 Å². The van der Waals surface area contributed by atoms with Gasteiger partial charge in [0.2, 0.25) is 0 Å². The summed E-state index contributed by atoms with van der Waals surface area (Å²) >= 11 is 0. The van der Waals surface area contributed by atoms with Crippen molar-refractivity contribution in [2.45, 2.75) is 52.6 Å². The number of rotatable bonds is 3. The Morgan fingerprint density at radius 2 is 1.92 bits per heavy atom. The van der Waals surface area contributed by atoms with Crippen LogP contribution in [0.4, 0.5) is 0 Å². The number of hydrogen-bond acceptors (Lipinski definition) is 2. The van der Waals surface area contributed by atoms with Crippen LogP contribution in [0, 0.1) is 0 Å². The van der Waals surface area contributed by atoms with Crippen LogP contribution in [0.2, 0.25) is 0 Å². The molecule has 2 N–H and O–H groups in total. The number of nitrogens with one attached hydrogen (secondary N) is 2. The molecule has 0 amide bonds. The average Bonchev–Trinajstić information content (AvgIpc) is 2.20. The second-order valence-electron chi connectivity index (χ2n) is 4.08. The molecular weight excluding hydrogens is 148 g/mol. The molecule has 0 spiro atoms. The normalized spacial score (nSPS) is 20.7. The molecule has 0 aromatic carbocycles. The van der Waals surface area contributed by atoms with Crippen molar-refractivity contribution in [1.82, 2.24) is 10.6 Å².